The highest BCUT2D eigenvalue weighted by molar-refractivity contribution is 6.30. The number of aromatic amines is 1. The van der Waals surface area contributed by atoms with Crippen LogP contribution in [0, 0.1) is 0 Å². The zero-order chi connectivity index (χ0) is 18.8. The fourth-order valence-corrected chi connectivity index (χ4v) is 3.90. The normalized spacial score (nSPS) is 16.0. The van der Waals surface area contributed by atoms with Crippen LogP contribution in [-0.4, -0.2) is 27.5 Å². The van der Waals surface area contributed by atoms with Gasteiger partial charge in [0.05, 0.1) is 11.7 Å². The zero-order valence-corrected chi connectivity index (χ0v) is 16.0. The van der Waals surface area contributed by atoms with Gasteiger partial charge >= 0.3 is 0 Å². The second kappa shape index (κ2) is 7.57. The van der Waals surface area contributed by atoms with Crippen molar-refractivity contribution in [2.45, 2.75) is 32.2 Å². The summed E-state index contributed by atoms with van der Waals surface area (Å²) in [6, 6.07) is 17.7. The molecular weight excluding hydrogens is 358 g/mol. The molecule has 1 aliphatic heterocycles. The average Bonchev–Trinajstić information content (AvgIpc) is 3.23. The van der Waals surface area contributed by atoms with Crippen LogP contribution in [-0.2, 0) is 0 Å². The maximum Gasteiger partial charge on any atom is 0.273 e. The van der Waals surface area contributed by atoms with Crippen molar-refractivity contribution in [1.29, 1.82) is 0 Å². The van der Waals surface area contributed by atoms with E-state index in [0.717, 1.165) is 48.2 Å². The summed E-state index contributed by atoms with van der Waals surface area (Å²) >= 11 is 6.04. The molecule has 1 unspecified atom stereocenters. The lowest BCUT2D eigenvalue weighted by atomic mass is 9.96. The lowest BCUT2D eigenvalue weighted by Crippen LogP contribution is -2.30. The Kier molecular flexibility index (Phi) is 4.99. The summed E-state index contributed by atoms with van der Waals surface area (Å²) in [5.41, 5.74) is 4.45. The number of carbonyl (C=O) groups is 1. The molecule has 138 valence electrons. The monoisotopic (exact) mass is 379 g/mol. The smallest absolute Gasteiger partial charge is 0.273 e. The lowest BCUT2D eigenvalue weighted by molar-refractivity contribution is 0.0740. The number of halogens is 1. The molecule has 0 saturated carbocycles. The minimum atomic E-state index is -0.116. The Balaban J connectivity index is 1.80. The Morgan fingerprint density at radius 1 is 1.07 bits per heavy atom. The number of carbonyl (C=O) groups excluding carboxylic acids is 1. The molecule has 2 aromatic carbocycles. The minimum Gasteiger partial charge on any atom is -0.326 e. The van der Waals surface area contributed by atoms with Gasteiger partial charge in [-0.1, -0.05) is 73.8 Å². The van der Waals surface area contributed by atoms with Crippen LogP contribution < -0.4 is 0 Å². The first kappa shape index (κ1) is 17.8. The third-order valence-corrected chi connectivity index (χ3v) is 5.35. The number of amides is 1. The molecule has 0 fully saturated rings. The lowest BCUT2D eigenvalue weighted by Gasteiger charge is -2.26. The number of nitrogens with zero attached hydrogens (tertiary/aromatic N) is 2. The van der Waals surface area contributed by atoms with Gasteiger partial charge in [-0.25, -0.2) is 0 Å². The van der Waals surface area contributed by atoms with Gasteiger partial charge in [0.2, 0.25) is 0 Å². The van der Waals surface area contributed by atoms with E-state index in [9.17, 15) is 4.79 Å². The van der Waals surface area contributed by atoms with E-state index in [0.29, 0.717) is 10.7 Å². The number of hydrogen-bond donors (Lipinski definition) is 1. The molecule has 0 bridgehead atoms. The van der Waals surface area contributed by atoms with Crippen LogP contribution in [0.3, 0.4) is 0 Å². The maximum absolute atomic E-state index is 13.1. The van der Waals surface area contributed by atoms with Crippen LogP contribution in [0.1, 0.15) is 53.8 Å². The van der Waals surface area contributed by atoms with Crippen LogP contribution in [0.5, 0.6) is 0 Å². The molecule has 27 heavy (non-hydrogen) atoms. The summed E-state index contributed by atoms with van der Waals surface area (Å²) in [7, 11) is 0. The Morgan fingerprint density at radius 2 is 1.81 bits per heavy atom. The van der Waals surface area contributed by atoms with Crippen molar-refractivity contribution in [2.24, 2.45) is 0 Å². The molecule has 0 spiro atoms. The minimum absolute atomic E-state index is 0.0302. The molecule has 4 rings (SSSR count). The quantitative estimate of drug-likeness (QED) is 0.577. The largest absolute Gasteiger partial charge is 0.326 e. The first-order valence-corrected chi connectivity index (χ1v) is 9.78. The number of fused-ring (bicyclic) bond motifs is 1. The van der Waals surface area contributed by atoms with Gasteiger partial charge in [0, 0.05) is 22.7 Å². The molecule has 1 amide bonds. The van der Waals surface area contributed by atoms with Crippen LogP contribution in [0.15, 0.2) is 54.6 Å². The fraction of sp³-hybridized carbons (Fsp3) is 0.273. The number of rotatable bonds is 6. The van der Waals surface area contributed by atoms with Crippen LogP contribution >= 0.6 is 11.6 Å². The van der Waals surface area contributed by atoms with Crippen molar-refractivity contribution in [3.8, 4) is 11.3 Å². The molecule has 0 aliphatic carbocycles. The van der Waals surface area contributed by atoms with Gasteiger partial charge < -0.3 is 4.90 Å². The molecule has 3 aromatic rings. The van der Waals surface area contributed by atoms with Gasteiger partial charge in [0.1, 0.15) is 5.69 Å². The molecule has 5 heteroatoms. The summed E-state index contributed by atoms with van der Waals surface area (Å²) in [6.45, 7) is 2.92. The van der Waals surface area contributed by atoms with Gasteiger partial charge in [-0.3, -0.25) is 9.89 Å². The number of H-pyrrole nitrogens is 1. The Labute approximate surface area is 164 Å². The Bertz CT molecular complexity index is 934. The van der Waals surface area contributed by atoms with Gasteiger partial charge in [0.25, 0.3) is 5.91 Å². The van der Waals surface area contributed by atoms with Crippen molar-refractivity contribution in [3.05, 3.63) is 76.4 Å². The van der Waals surface area contributed by atoms with Crippen LogP contribution in [0.25, 0.3) is 11.3 Å². The second-order valence-corrected chi connectivity index (χ2v) is 7.32. The summed E-state index contributed by atoms with van der Waals surface area (Å²) in [5.74, 6) is 0.0302. The van der Waals surface area contributed by atoms with Gasteiger partial charge in [0.15, 0.2) is 0 Å². The van der Waals surface area contributed by atoms with E-state index in [1.165, 1.54) is 0 Å². The topological polar surface area (TPSA) is 49.0 Å². The first-order chi connectivity index (χ1) is 13.2. The number of aromatic nitrogens is 2. The van der Waals surface area contributed by atoms with Gasteiger partial charge in [-0.05, 0) is 24.1 Å². The molecule has 1 N–H and O–H groups in total. The first-order valence-electron chi connectivity index (χ1n) is 9.40. The maximum atomic E-state index is 13.1. The van der Waals surface area contributed by atoms with E-state index in [2.05, 4.69) is 29.3 Å². The zero-order valence-electron chi connectivity index (χ0n) is 15.3. The second-order valence-electron chi connectivity index (χ2n) is 6.89. The summed E-state index contributed by atoms with van der Waals surface area (Å²) < 4.78 is 0. The third kappa shape index (κ3) is 3.26. The summed E-state index contributed by atoms with van der Waals surface area (Å²) in [4.78, 5) is 15.1. The number of nitrogens with one attached hydrogen (secondary N) is 1. The predicted octanol–water partition coefficient (Wildman–Crippen LogP) is 5.47. The van der Waals surface area contributed by atoms with E-state index >= 15 is 0 Å². The molecule has 4 nitrogen and oxygen atoms in total. The molecule has 0 radical (unpaired) electrons. The molecule has 1 atom stereocenters. The van der Waals surface area contributed by atoms with Crippen molar-refractivity contribution in [2.75, 3.05) is 6.54 Å². The van der Waals surface area contributed by atoms with E-state index in [1.54, 1.807) is 0 Å². The van der Waals surface area contributed by atoms with Gasteiger partial charge in [-0.2, -0.15) is 5.10 Å². The van der Waals surface area contributed by atoms with E-state index < -0.39 is 0 Å². The molecule has 2 heterocycles. The number of hydrogen-bond acceptors (Lipinski definition) is 2. The van der Waals surface area contributed by atoms with E-state index in [-0.39, 0.29) is 11.9 Å². The van der Waals surface area contributed by atoms with E-state index in [1.807, 2.05) is 47.4 Å². The van der Waals surface area contributed by atoms with Gasteiger partial charge in [-0.15, -0.1) is 0 Å². The highest BCUT2D eigenvalue weighted by Gasteiger charge is 2.41. The number of unbranched alkanes of at least 4 members (excludes halogenated alkanes) is 2. The Hall–Kier alpha value is -2.59. The van der Waals surface area contributed by atoms with Crippen LogP contribution in [0.2, 0.25) is 5.02 Å². The van der Waals surface area contributed by atoms with E-state index in [4.69, 9.17) is 11.6 Å². The molecular formula is C22H22ClN3O. The Morgan fingerprint density at radius 3 is 2.52 bits per heavy atom. The molecule has 0 saturated heterocycles. The highest BCUT2D eigenvalue weighted by Crippen LogP contribution is 2.42. The fourth-order valence-electron chi connectivity index (χ4n) is 3.77. The average molecular weight is 380 g/mol. The SMILES string of the molecule is CCCCCN1C(=O)c2[nH]nc(-c3ccc(Cl)cc3)c2C1c1ccccc1. The summed E-state index contributed by atoms with van der Waals surface area (Å²) in [5, 5.41) is 8.16. The number of benzene rings is 2. The van der Waals surface area contributed by atoms with Crippen LogP contribution in [0.4, 0.5) is 0 Å². The third-order valence-electron chi connectivity index (χ3n) is 5.10. The predicted molar refractivity (Wildman–Crippen MR) is 108 cm³/mol. The standard InChI is InChI=1S/C22H22ClN3O/c1-2-3-7-14-26-21(16-8-5-4-6-9-16)18-19(24-25-20(18)22(26)27)15-10-12-17(23)13-11-15/h4-6,8-13,21H,2-3,7,14H2,1H3,(H,24,25). The van der Waals surface area contributed by atoms with Crippen molar-refractivity contribution >= 4 is 17.5 Å². The molecule has 1 aromatic heterocycles. The van der Waals surface area contributed by atoms with Crippen molar-refractivity contribution in [3.63, 3.8) is 0 Å². The summed E-state index contributed by atoms with van der Waals surface area (Å²) in [6.07, 6.45) is 3.24. The molecule has 1 aliphatic rings. The highest BCUT2D eigenvalue weighted by atomic mass is 35.5. The van der Waals surface area contributed by atoms with Crippen molar-refractivity contribution in [1.82, 2.24) is 15.1 Å². The van der Waals surface area contributed by atoms with Crippen molar-refractivity contribution < 1.29 is 4.79 Å².